The molecule has 5 aliphatic rings. The largest absolute Gasteiger partial charge is 0.481 e. The molecule has 0 aromatic carbocycles. The highest BCUT2D eigenvalue weighted by atomic mass is 16.7. The van der Waals surface area contributed by atoms with Crippen LogP contribution in [0.25, 0.3) is 0 Å². The molecule has 3 saturated carbocycles. The van der Waals surface area contributed by atoms with E-state index in [0.717, 1.165) is 36.7 Å². The van der Waals surface area contributed by atoms with E-state index in [2.05, 4.69) is 42.8 Å². The molecule has 4 fully saturated rings. The monoisotopic (exact) mass is 566 g/mol. The van der Waals surface area contributed by atoms with Crippen LogP contribution in [0, 0.1) is 45.8 Å². The number of hydrogen-bond acceptors (Lipinski definition) is 7. The maximum Gasteiger partial charge on any atom is 0.315 e. The van der Waals surface area contributed by atoms with Gasteiger partial charge in [0.25, 0.3) is 0 Å². The number of aliphatic carboxylic acids is 1. The molecule has 4 aliphatic carbocycles. The number of rotatable bonds is 9. The van der Waals surface area contributed by atoms with E-state index in [4.69, 9.17) is 14.2 Å². The van der Waals surface area contributed by atoms with Crippen molar-refractivity contribution >= 4 is 12.3 Å². The molecule has 0 radical (unpaired) electrons. The van der Waals surface area contributed by atoms with Gasteiger partial charge in [-0.15, -0.1) is 0 Å². The predicted octanol–water partition coefficient (Wildman–Crippen LogP) is 4.58. The Morgan fingerprint density at radius 3 is 2.73 bits per heavy atom. The molecule has 1 aromatic heterocycles. The summed E-state index contributed by atoms with van der Waals surface area (Å²) in [7, 11) is 1.71. The van der Waals surface area contributed by atoms with Gasteiger partial charge in [-0.1, -0.05) is 44.9 Å². The van der Waals surface area contributed by atoms with Gasteiger partial charge < -0.3 is 24.1 Å². The van der Waals surface area contributed by atoms with Crippen molar-refractivity contribution in [1.29, 1.82) is 0 Å². The van der Waals surface area contributed by atoms with E-state index in [1.807, 2.05) is 19.2 Å². The Kier molecular flexibility index (Phi) is 7.45. The average molecular weight is 567 g/mol. The second kappa shape index (κ2) is 10.5. The molecule has 2 heterocycles. The quantitative estimate of drug-likeness (QED) is 0.343. The van der Waals surface area contributed by atoms with Gasteiger partial charge in [-0.25, -0.2) is 0 Å². The van der Waals surface area contributed by atoms with E-state index in [9.17, 15) is 14.7 Å². The van der Waals surface area contributed by atoms with Gasteiger partial charge in [-0.2, -0.15) is 0 Å². The minimum atomic E-state index is -1.24. The van der Waals surface area contributed by atoms with Crippen LogP contribution in [0.3, 0.4) is 0 Å². The van der Waals surface area contributed by atoms with E-state index >= 15 is 0 Å². The molecule has 8 nitrogen and oxygen atoms in total. The Hall–Kier alpha value is -2.13. The van der Waals surface area contributed by atoms with Crippen molar-refractivity contribution in [3.63, 3.8) is 0 Å². The molecule has 4 bridgehead atoms. The van der Waals surface area contributed by atoms with Crippen molar-refractivity contribution in [2.45, 2.75) is 78.4 Å². The van der Waals surface area contributed by atoms with E-state index in [1.54, 1.807) is 13.3 Å². The Morgan fingerprint density at radius 2 is 2.07 bits per heavy atom. The molecule has 0 spiro atoms. The van der Waals surface area contributed by atoms with Crippen LogP contribution >= 0.6 is 0 Å². The standard InChI is InChI=1S/C33H46N2O6/c1-20(2)27-11-24-12-31(18-36)26-9-8-21(3)25(26)13-32(24,33(27,31)30(37)38)19-40-29-17-35(15-23-7-6-10-34-14-23)16-28(39-5)22(4)41-29/h6-7,10-11,14,18,20-22,24-26,28-29H,8-9,12-13,15-17,19H2,1-5H3,(H,37,38)/t21-,22-,24?,25-,26-,28+,29-,31+,32?,33+/m1/s1. The van der Waals surface area contributed by atoms with Gasteiger partial charge in [-0.3, -0.25) is 14.7 Å². The first-order chi connectivity index (χ1) is 19.6. The van der Waals surface area contributed by atoms with Gasteiger partial charge in [0.1, 0.15) is 11.7 Å². The molecule has 1 N–H and O–H groups in total. The topological polar surface area (TPSA) is 98.2 Å². The van der Waals surface area contributed by atoms with Gasteiger partial charge in [0.2, 0.25) is 0 Å². The maximum absolute atomic E-state index is 13.7. The van der Waals surface area contributed by atoms with Crippen molar-refractivity contribution < 1.29 is 28.9 Å². The average Bonchev–Trinajstić information content (AvgIpc) is 3.47. The van der Waals surface area contributed by atoms with E-state index in [1.165, 1.54) is 0 Å². The summed E-state index contributed by atoms with van der Waals surface area (Å²) in [4.78, 5) is 33.6. The lowest BCUT2D eigenvalue weighted by molar-refractivity contribution is -0.220. The van der Waals surface area contributed by atoms with Crippen molar-refractivity contribution in [1.82, 2.24) is 9.88 Å². The van der Waals surface area contributed by atoms with Crippen LogP contribution in [-0.4, -0.2) is 72.6 Å². The third-order valence-corrected chi connectivity index (χ3v) is 11.8. The Labute approximate surface area is 243 Å². The number of pyridine rings is 1. The lowest BCUT2D eigenvalue weighted by atomic mass is 9.43. The van der Waals surface area contributed by atoms with Crippen LogP contribution in [-0.2, 0) is 30.3 Å². The van der Waals surface area contributed by atoms with Crippen LogP contribution in [0.1, 0.15) is 58.9 Å². The molecule has 0 amide bonds. The van der Waals surface area contributed by atoms with Crippen LogP contribution in [0.5, 0.6) is 0 Å². The fourth-order valence-electron chi connectivity index (χ4n) is 10.2. The smallest absolute Gasteiger partial charge is 0.315 e. The lowest BCUT2D eigenvalue weighted by Crippen LogP contribution is -2.63. The van der Waals surface area contributed by atoms with Gasteiger partial charge in [-0.05, 0) is 67.4 Å². The SMILES string of the molecule is CO[C@H]1CN(Cc2cccnc2)C[C@H](OCC23C[C@@H]4[C@H](C)CC[C@H]4[C@@]4(C=O)CC2C=C(C(C)C)[C@@]34C(=O)O)O[C@@H]1C. The van der Waals surface area contributed by atoms with Crippen LogP contribution < -0.4 is 0 Å². The van der Waals surface area contributed by atoms with E-state index < -0.39 is 28.5 Å². The Morgan fingerprint density at radius 1 is 1.27 bits per heavy atom. The number of fused-ring (bicyclic) bond motifs is 2. The molecule has 1 aliphatic heterocycles. The van der Waals surface area contributed by atoms with E-state index in [-0.39, 0.29) is 36.6 Å². The maximum atomic E-state index is 13.7. The summed E-state index contributed by atoms with van der Waals surface area (Å²) in [5.74, 6) is 0.0984. The molecule has 1 aromatic rings. The van der Waals surface area contributed by atoms with Gasteiger partial charge in [0, 0.05) is 44.6 Å². The number of hydrogen-bond donors (Lipinski definition) is 1. The third-order valence-electron chi connectivity index (χ3n) is 11.8. The number of carboxylic acid groups (broad SMARTS) is 1. The summed E-state index contributed by atoms with van der Waals surface area (Å²) in [6, 6.07) is 4.00. The Balaban J connectivity index is 1.34. The number of carboxylic acids is 1. The molecule has 8 heteroatoms. The van der Waals surface area contributed by atoms with Crippen molar-refractivity contribution in [2.24, 2.45) is 45.8 Å². The summed E-state index contributed by atoms with van der Waals surface area (Å²) in [6.07, 6.45) is 9.44. The molecule has 6 rings (SSSR count). The molecule has 2 unspecified atom stereocenters. The zero-order chi connectivity index (χ0) is 29.2. The number of allylic oxidation sites excluding steroid dienone is 1. The lowest BCUT2D eigenvalue weighted by Gasteiger charge is -2.58. The summed E-state index contributed by atoms with van der Waals surface area (Å²) in [5.41, 5.74) is -0.773. The second-order valence-electron chi connectivity index (χ2n) is 13.9. The van der Waals surface area contributed by atoms with Crippen LogP contribution in [0.15, 0.2) is 36.2 Å². The number of aldehydes is 1. The number of carbonyl (C=O) groups is 2. The molecular formula is C33H46N2O6. The zero-order valence-corrected chi connectivity index (χ0v) is 25.1. The highest BCUT2D eigenvalue weighted by Gasteiger charge is 2.84. The number of carbonyl (C=O) groups excluding carboxylic acids is 1. The summed E-state index contributed by atoms with van der Waals surface area (Å²) in [6.45, 7) is 10.6. The number of aromatic nitrogens is 1. The van der Waals surface area contributed by atoms with Gasteiger partial charge in [0.15, 0.2) is 6.29 Å². The fourth-order valence-corrected chi connectivity index (χ4v) is 10.2. The molecule has 224 valence electrons. The highest BCUT2D eigenvalue weighted by Crippen LogP contribution is 2.82. The van der Waals surface area contributed by atoms with Gasteiger partial charge in [0.05, 0.1) is 24.2 Å². The number of nitrogens with zero attached hydrogens (tertiary/aromatic N) is 2. The fraction of sp³-hybridized carbons (Fsp3) is 0.727. The molecular weight excluding hydrogens is 520 g/mol. The third kappa shape index (κ3) is 4.04. The molecule has 1 saturated heterocycles. The minimum Gasteiger partial charge on any atom is -0.481 e. The van der Waals surface area contributed by atoms with Gasteiger partial charge >= 0.3 is 5.97 Å². The number of methoxy groups -OCH3 is 1. The summed E-state index contributed by atoms with van der Waals surface area (Å²) >= 11 is 0. The normalized spacial score (nSPS) is 43.6. The molecule has 10 atom stereocenters. The van der Waals surface area contributed by atoms with Crippen molar-refractivity contribution in [3.05, 3.63) is 41.7 Å². The highest BCUT2D eigenvalue weighted by molar-refractivity contribution is 5.90. The molecule has 41 heavy (non-hydrogen) atoms. The first-order valence-corrected chi connectivity index (χ1v) is 15.5. The summed E-state index contributed by atoms with van der Waals surface area (Å²) in [5, 5.41) is 11.2. The second-order valence-corrected chi connectivity index (χ2v) is 13.9. The minimum absolute atomic E-state index is 0.000390. The first kappa shape index (κ1) is 29.0. The van der Waals surface area contributed by atoms with Crippen LogP contribution in [0.2, 0.25) is 0 Å². The van der Waals surface area contributed by atoms with Crippen molar-refractivity contribution in [2.75, 3.05) is 26.8 Å². The van der Waals surface area contributed by atoms with Crippen molar-refractivity contribution in [3.8, 4) is 0 Å². The predicted molar refractivity (Wildman–Crippen MR) is 153 cm³/mol. The van der Waals surface area contributed by atoms with Crippen LogP contribution in [0.4, 0.5) is 0 Å². The Bertz CT molecular complexity index is 1190. The first-order valence-electron chi connectivity index (χ1n) is 15.5. The number of ether oxygens (including phenoxy) is 3. The summed E-state index contributed by atoms with van der Waals surface area (Å²) < 4.78 is 19.0. The zero-order valence-electron chi connectivity index (χ0n) is 25.1. The van der Waals surface area contributed by atoms with E-state index in [0.29, 0.717) is 37.9 Å².